The molecule has 0 radical (unpaired) electrons. The standard InChI is InChI=1S/C21H21ClN2O3/c1-26-18-9-7-16(8-10-18)21-19-6-3-11-23(21)14-24(27-19)20(25)13-15-4-2-5-17(22)12-15/h2-10,12,19,21H,11,13-14H2,1H3. The number of carbonyl (C=O) groups is 1. The van der Waals surface area contributed by atoms with Crippen LogP contribution in [0.2, 0.25) is 5.02 Å². The summed E-state index contributed by atoms with van der Waals surface area (Å²) in [7, 11) is 1.66. The lowest BCUT2D eigenvalue weighted by molar-refractivity contribution is -0.254. The first-order chi connectivity index (χ1) is 13.1. The lowest BCUT2D eigenvalue weighted by Gasteiger charge is -2.46. The summed E-state index contributed by atoms with van der Waals surface area (Å²) < 4.78 is 5.24. The number of hydrogen-bond donors (Lipinski definition) is 0. The van der Waals surface area contributed by atoms with Crippen LogP contribution < -0.4 is 4.74 Å². The summed E-state index contributed by atoms with van der Waals surface area (Å²) in [5.74, 6) is 0.750. The molecule has 27 heavy (non-hydrogen) atoms. The molecule has 2 heterocycles. The molecule has 0 N–H and O–H groups in total. The van der Waals surface area contributed by atoms with Crippen molar-refractivity contribution in [3.8, 4) is 5.75 Å². The van der Waals surface area contributed by atoms with Gasteiger partial charge in [-0.25, -0.2) is 5.06 Å². The van der Waals surface area contributed by atoms with Crippen LogP contribution in [0.25, 0.3) is 0 Å². The first-order valence-corrected chi connectivity index (χ1v) is 9.28. The third-order valence-corrected chi connectivity index (χ3v) is 5.14. The van der Waals surface area contributed by atoms with E-state index in [0.717, 1.165) is 23.4 Å². The number of fused-ring (bicyclic) bond motifs is 2. The molecular formula is C21H21ClN2O3. The quantitative estimate of drug-likeness (QED) is 0.755. The highest BCUT2D eigenvalue weighted by molar-refractivity contribution is 6.30. The van der Waals surface area contributed by atoms with Gasteiger partial charge in [0.25, 0.3) is 5.91 Å². The highest BCUT2D eigenvalue weighted by Gasteiger charge is 2.39. The molecule has 1 amide bonds. The molecule has 0 spiro atoms. The van der Waals surface area contributed by atoms with Crippen molar-refractivity contribution in [3.05, 3.63) is 76.8 Å². The van der Waals surface area contributed by atoms with E-state index in [2.05, 4.69) is 23.1 Å². The van der Waals surface area contributed by atoms with Crippen molar-refractivity contribution in [2.45, 2.75) is 18.6 Å². The van der Waals surface area contributed by atoms with E-state index in [4.69, 9.17) is 21.2 Å². The van der Waals surface area contributed by atoms with Gasteiger partial charge in [-0.05, 0) is 35.4 Å². The Kier molecular flexibility index (Phi) is 5.16. The summed E-state index contributed by atoms with van der Waals surface area (Å²) in [6.45, 7) is 1.20. The SMILES string of the molecule is COc1ccc(C2C3C=CCN2CN(C(=O)Cc2cccc(Cl)c2)O3)cc1. The lowest BCUT2D eigenvalue weighted by atomic mass is 9.96. The van der Waals surface area contributed by atoms with Crippen molar-refractivity contribution < 1.29 is 14.4 Å². The summed E-state index contributed by atoms with van der Waals surface area (Å²) in [6, 6.07) is 15.4. The van der Waals surface area contributed by atoms with E-state index < -0.39 is 0 Å². The van der Waals surface area contributed by atoms with Crippen LogP contribution in [0.4, 0.5) is 0 Å². The van der Waals surface area contributed by atoms with E-state index in [-0.39, 0.29) is 24.5 Å². The van der Waals surface area contributed by atoms with E-state index in [1.165, 1.54) is 5.06 Å². The first kappa shape index (κ1) is 18.0. The highest BCUT2D eigenvalue weighted by atomic mass is 35.5. The molecule has 5 nitrogen and oxygen atoms in total. The number of ether oxygens (including phenoxy) is 1. The Bertz CT molecular complexity index is 853. The zero-order valence-electron chi connectivity index (χ0n) is 15.0. The van der Waals surface area contributed by atoms with Crippen molar-refractivity contribution in [1.82, 2.24) is 9.96 Å². The summed E-state index contributed by atoms with van der Waals surface area (Å²) in [5.41, 5.74) is 2.02. The molecule has 0 aliphatic carbocycles. The average Bonchev–Trinajstić information content (AvgIpc) is 2.67. The molecule has 2 aliphatic rings. The fourth-order valence-corrected chi connectivity index (χ4v) is 3.80. The van der Waals surface area contributed by atoms with Gasteiger partial charge in [0.05, 0.1) is 19.6 Å². The number of carbonyl (C=O) groups excluding carboxylic acids is 1. The largest absolute Gasteiger partial charge is 0.497 e. The van der Waals surface area contributed by atoms with Gasteiger partial charge in [-0.2, -0.15) is 0 Å². The van der Waals surface area contributed by atoms with Crippen molar-refractivity contribution in [2.24, 2.45) is 0 Å². The topological polar surface area (TPSA) is 42.0 Å². The summed E-state index contributed by atoms with van der Waals surface area (Å²) in [4.78, 5) is 21.0. The van der Waals surface area contributed by atoms with E-state index in [1.807, 2.05) is 36.4 Å². The van der Waals surface area contributed by atoms with E-state index in [9.17, 15) is 4.79 Å². The fourth-order valence-electron chi connectivity index (χ4n) is 3.59. The van der Waals surface area contributed by atoms with E-state index >= 15 is 0 Å². The predicted octanol–water partition coefficient (Wildman–Crippen LogP) is 3.60. The summed E-state index contributed by atoms with van der Waals surface area (Å²) >= 11 is 6.02. The Morgan fingerprint density at radius 3 is 2.78 bits per heavy atom. The fraction of sp³-hybridized carbons (Fsp3) is 0.286. The van der Waals surface area contributed by atoms with Gasteiger partial charge in [-0.3, -0.25) is 14.5 Å². The van der Waals surface area contributed by atoms with E-state index in [0.29, 0.717) is 11.7 Å². The highest BCUT2D eigenvalue weighted by Crippen LogP contribution is 2.35. The molecule has 1 fully saturated rings. The number of hydroxylamine groups is 2. The minimum atomic E-state index is -0.204. The van der Waals surface area contributed by atoms with Crippen molar-refractivity contribution >= 4 is 17.5 Å². The second kappa shape index (κ2) is 7.72. The normalized spacial score (nSPS) is 23.9. The van der Waals surface area contributed by atoms with Crippen LogP contribution in [-0.2, 0) is 16.1 Å². The molecule has 140 valence electrons. The molecule has 0 aromatic heterocycles. The van der Waals surface area contributed by atoms with Gasteiger partial charge in [0.15, 0.2) is 0 Å². The van der Waals surface area contributed by atoms with Crippen LogP contribution in [0.3, 0.4) is 0 Å². The van der Waals surface area contributed by atoms with Gasteiger partial charge in [0.1, 0.15) is 18.5 Å². The molecule has 2 bridgehead atoms. The number of amides is 1. The number of benzene rings is 2. The lowest BCUT2D eigenvalue weighted by Crippen LogP contribution is -2.55. The Morgan fingerprint density at radius 1 is 1.26 bits per heavy atom. The maximum atomic E-state index is 12.7. The number of rotatable bonds is 4. The van der Waals surface area contributed by atoms with Gasteiger partial charge in [-0.15, -0.1) is 0 Å². The third kappa shape index (κ3) is 3.86. The van der Waals surface area contributed by atoms with E-state index in [1.54, 1.807) is 13.2 Å². The molecule has 6 heteroatoms. The Hall–Kier alpha value is -2.34. The van der Waals surface area contributed by atoms with Gasteiger partial charge in [-0.1, -0.05) is 48.0 Å². The molecular weight excluding hydrogens is 364 g/mol. The Balaban J connectivity index is 1.49. The first-order valence-electron chi connectivity index (χ1n) is 8.90. The molecule has 2 aromatic carbocycles. The molecule has 3 unspecified atom stereocenters. The maximum absolute atomic E-state index is 12.7. The molecule has 0 saturated carbocycles. The van der Waals surface area contributed by atoms with Crippen molar-refractivity contribution in [3.63, 3.8) is 0 Å². The molecule has 2 aromatic rings. The molecule has 2 aliphatic heterocycles. The number of hydrogen-bond acceptors (Lipinski definition) is 4. The van der Waals surface area contributed by atoms with Crippen LogP contribution >= 0.6 is 11.6 Å². The predicted molar refractivity (Wildman–Crippen MR) is 103 cm³/mol. The zero-order chi connectivity index (χ0) is 18.8. The second-order valence-corrected chi connectivity index (χ2v) is 7.14. The minimum absolute atomic E-state index is 0.0734. The number of methoxy groups -OCH3 is 1. The maximum Gasteiger partial charge on any atom is 0.251 e. The van der Waals surface area contributed by atoms with Crippen LogP contribution in [0.15, 0.2) is 60.7 Å². The average molecular weight is 385 g/mol. The van der Waals surface area contributed by atoms with Crippen LogP contribution in [0.5, 0.6) is 5.75 Å². The Labute approximate surface area is 163 Å². The molecule has 4 rings (SSSR count). The van der Waals surface area contributed by atoms with Crippen LogP contribution in [0, 0.1) is 0 Å². The second-order valence-electron chi connectivity index (χ2n) is 6.71. The van der Waals surface area contributed by atoms with Crippen molar-refractivity contribution in [2.75, 3.05) is 20.3 Å². The van der Waals surface area contributed by atoms with Crippen molar-refractivity contribution in [1.29, 1.82) is 0 Å². The number of nitrogens with zero attached hydrogens (tertiary/aromatic N) is 2. The zero-order valence-corrected chi connectivity index (χ0v) is 15.8. The van der Waals surface area contributed by atoms with Gasteiger partial charge in [0.2, 0.25) is 0 Å². The summed E-state index contributed by atoms with van der Waals surface area (Å²) in [5, 5.41) is 2.10. The van der Waals surface area contributed by atoms with Gasteiger partial charge < -0.3 is 4.74 Å². The van der Waals surface area contributed by atoms with Crippen LogP contribution in [0.1, 0.15) is 17.2 Å². The molecule has 3 atom stereocenters. The van der Waals surface area contributed by atoms with Crippen LogP contribution in [-0.4, -0.2) is 42.3 Å². The van der Waals surface area contributed by atoms with Gasteiger partial charge in [0, 0.05) is 11.6 Å². The third-order valence-electron chi connectivity index (χ3n) is 4.91. The summed E-state index contributed by atoms with van der Waals surface area (Å²) in [6.07, 6.45) is 4.18. The monoisotopic (exact) mass is 384 g/mol. The Morgan fingerprint density at radius 2 is 2.07 bits per heavy atom. The number of halogens is 1. The smallest absolute Gasteiger partial charge is 0.251 e. The molecule has 1 saturated heterocycles. The van der Waals surface area contributed by atoms with Gasteiger partial charge >= 0.3 is 0 Å². The minimum Gasteiger partial charge on any atom is -0.497 e.